The van der Waals surface area contributed by atoms with Crippen LogP contribution in [0.15, 0.2) is 36.4 Å². The summed E-state index contributed by atoms with van der Waals surface area (Å²) in [6, 6.07) is 11.8. The highest BCUT2D eigenvalue weighted by molar-refractivity contribution is 5.58. The van der Waals surface area contributed by atoms with Crippen molar-refractivity contribution in [1.82, 2.24) is 0 Å². The van der Waals surface area contributed by atoms with Gasteiger partial charge in [0.2, 0.25) is 0 Å². The highest BCUT2D eigenvalue weighted by atomic mass is 16.6. The maximum absolute atomic E-state index is 5.84. The molecule has 0 atom stereocenters. The van der Waals surface area contributed by atoms with Crippen molar-refractivity contribution in [2.24, 2.45) is 0 Å². The Kier molecular flexibility index (Phi) is 1.90. The van der Waals surface area contributed by atoms with Crippen molar-refractivity contribution in [3.8, 4) is 23.0 Å². The Morgan fingerprint density at radius 1 is 0.812 bits per heavy atom. The number of para-hydroxylation sites is 2. The topological polar surface area (TPSA) is 18.5 Å². The van der Waals surface area contributed by atoms with Crippen LogP contribution >= 0.6 is 0 Å². The Hall–Kier alpha value is -1.96. The SMILES string of the molecule is Cc1cc(C)c2c(c1)Oc1ccccc1O2. The molecule has 80 valence electrons. The van der Waals surface area contributed by atoms with Crippen molar-refractivity contribution >= 4 is 0 Å². The van der Waals surface area contributed by atoms with E-state index in [0.29, 0.717) is 0 Å². The predicted molar refractivity (Wildman–Crippen MR) is 62.5 cm³/mol. The molecular weight excluding hydrogens is 200 g/mol. The number of fused-ring (bicyclic) bond motifs is 2. The molecule has 0 aliphatic carbocycles. The molecule has 2 nitrogen and oxygen atoms in total. The van der Waals surface area contributed by atoms with Crippen molar-refractivity contribution in [2.45, 2.75) is 13.8 Å². The molecule has 0 radical (unpaired) electrons. The molecule has 2 heteroatoms. The maximum Gasteiger partial charge on any atom is 0.173 e. The second-order valence-electron chi connectivity index (χ2n) is 4.06. The lowest BCUT2D eigenvalue weighted by Gasteiger charge is -2.22. The largest absolute Gasteiger partial charge is 0.449 e. The fraction of sp³-hybridized carbons (Fsp3) is 0.143. The monoisotopic (exact) mass is 212 g/mol. The summed E-state index contributed by atoms with van der Waals surface area (Å²) in [6.45, 7) is 4.08. The van der Waals surface area contributed by atoms with Gasteiger partial charge >= 0.3 is 0 Å². The van der Waals surface area contributed by atoms with Gasteiger partial charge in [-0.25, -0.2) is 0 Å². The molecule has 1 aliphatic heterocycles. The minimum absolute atomic E-state index is 0.778. The molecule has 0 saturated carbocycles. The molecule has 1 heterocycles. The molecule has 3 rings (SSSR count). The molecular formula is C14H12O2. The molecule has 0 unspecified atom stereocenters. The zero-order chi connectivity index (χ0) is 11.1. The normalized spacial score (nSPS) is 12.1. The van der Waals surface area contributed by atoms with Gasteiger partial charge in [-0.15, -0.1) is 0 Å². The van der Waals surface area contributed by atoms with Gasteiger partial charge in [0.15, 0.2) is 23.0 Å². The number of benzene rings is 2. The van der Waals surface area contributed by atoms with E-state index in [1.165, 1.54) is 5.56 Å². The Morgan fingerprint density at radius 2 is 1.50 bits per heavy atom. The lowest BCUT2D eigenvalue weighted by Crippen LogP contribution is -2.00. The van der Waals surface area contributed by atoms with Crippen molar-refractivity contribution in [3.05, 3.63) is 47.5 Å². The van der Waals surface area contributed by atoms with Gasteiger partial charge < -0.3 is 9.47 Å². The molecule has 0 aromatic heterocycles. The highest BCUT2D eigenvalue weighted by Crippen LogP contribution is 2.46. The van der Waals surface area contributed by atoms with E-state index in [9.17, 15) is 0 Å². The zero-order valence-electron chi connectivity index (χ0n) is 9.28. The van der Waals surface area contributed by atoms with Gasteiger partial charge in [0, 0.05) is 0 Å². The molecule has 0 fully saturated rings. The third kappa shape index (κ3) is 1.34. The first-order valence-electron chi connectivity index (χ1n) is 5.30. The zero-order valence-corrected chi connectivity index (χ0v) is 9.28. The summed E-state index contributed by atoms with van der Waals surface area (Å²) in [7, 11) is 0. The summed E-state index contributed by atoms with van der Waals surface area (Å²) in [5.41, 5.74) is 2.28. The Bertz CT molecular complexity index is 559. The first kappa shape index (κ1) is 9.28. The number of ether oxygens (including phenoxy) is 2. The van der Waals surface area contributed by atoms with E-state index >= 15 is 0 Å². The third-order valence-corrected chi connectivity index (χ3v) is 2.67. The first-order valence-corrected chi connectivity index (χ1v) is 5.30. The Morgan fingerprint density at radius 3 is 2.25 bits per heavy atom. The van der Waals surface area contributed by atoms with Crippen molar-refractivity contribution in [3.63, 3.8) is 0 Å². The van der Waals surface area contributed by atoms with E-state index in [1.807, 2.05) is 37.3 Å². The Labute approximate surface area is 94.4 Å². The van der Waals surface area contributed by atoms with E-state index in [4.69, 9.17) is 9.47 Å². The summed E-state index contributed by atoms with van der Waals surface area (Å²) < 4.78 is 11.7. The second kappa shape index (κ2) is 3.27. The van der Waals surface area contributed by atoms with Crippen LogP contribution < -0.4 is 9.47 Å². The predicted octanol–water partition coefficient (Wildman–Crippen LogP) is 4.20. The smallest absolute Gasteiger partial charge is 0.173 e. The van der Waals surface area contributed by atoms with Gasteiger partial charge in [0.1, 0.15) is 0 Å². The van der Waals surface area contributed by atoms with Gasteiger partial charge in [-0.3, -0.25) is 0 Å². The van der Waals surface area contributed by atoms with Crippen LogP contribution in [0.3, 0.4) is 0 Å². The minimum Gasteiger partial charge on any atom is -0.449 e. The lowest BCUT2D eigenvalue weighted by molar-refractivity contribution is 0.357. The number of rotatable bonds is 0. The lowest BCUT2D eigenvalue weighted by atomic mass is 10.1. The highest BCUT2D eigenvalue weighted by Gasteiger charge is 2.19. The van der Waals surface area contributed by atoms with E-state index < -0.39 is 0 Å². The minimum atomic E-state index is 0.778. The van der Waals surface area contributed by atoms with Crippen LogP contribution in [0.5, 0.6) is 23.0 Å². The summed E-state index contributed by atoms with van der Waals surface area (Å²) in [6.07, 6.45) is 0. The maximum atomic E-state index is 5.84. The number of hydrogen-bond donors (Lipinski definition) is 0. The molecule has 2 aromatic carbocycles. The van der Waals surface area contributed by atoms with Gasteiger partial charge in [-0.05, 0) is 43.2 Å². The van der Waals surface area contributed by atoms with Crippen molar-refractivity contribution in [1.29, 1.82) is 0 Å². The molecule has 0 bridgehead atoms. The van der Waals surface area contributed by atoms with Crippen LogP contribution in [0.1, 0.15) is 11.1 Å². The molecule has 2 aromatic rings. The van der Waals surface area contributed by atoms with Gasteiger partial charge in [0.25, 0.3) is 0 Å². The summed E-state index contributed by atoms with van der Waals surface area (Å²) in [4.78, 5) is 0. The first-order chi connectivity index (χ1) is 7.74. The van der Waals surface area contributed by atoms with Crippen LogP contribution in [-0.4, -0.2) is 0 Å². The van der Waals surface area contributed by atoms with Crippen LogP contribution in [0.2, 0.25) is 0 Å². The number of hydrogen-bond acceptors (Lipinski definition) is 2. The number of aryl methyl sites for hydroxylation is 2. The van der Waals surface area contributed by atoms with Crippen LogP contribution in [0.25, 0.3) is 0 Å². The van der Waals surface area contributed by atoms with E-state index in [-0.39, 0.29) is 0 Å². The summed E-state index contributed by atoms with van der Waals surface area (Å²) in [5, 5.41) is 0. The van der Waals surface area contributed by atoms with Gasteiger partial charge in [-0.1, -0.05) is 18.2 Å². The fourth-order valence-corrected chi connectivity index (χ4v) is 1.97. The van der Waals surface area contributed by atoms with Gasteiger partial charge in [-0.2, -0.15) is 0 Å². The summed E-state index contributed by atoms with van der Waals surface area (Å²) in [5.74, 6) is 3.18. The molecule has 0 saturated heterocycles. The fourth-order valence-electron chi connectivity index (χ4n) is 1.97. The molecule has 0 N–H and O–H groups in total. The van der Waals surface area contributed by atoms with Gasteiger partial charge in [0.05, 0.1) is 0 Å². The quantitative estimate of drug-likeness (QED) is 0.556. The molecule has 16 heavy (non-hydrogen) atoms. The van der Waals surface area contributed by atoms with E-state index in [2.05, 4.69) is 13.0 Å². The molecule has 0 spiro atoms. The van der Waals surface area contributed by atoms with Crippen molar-refractivity contribution < 1.29 is 9.47 Å². The Balaban J connectivity index is 2.15. The van der Waals surface area contributed by atoms with E-state index in [1.54, 1.807) is 0 Å². The second-order valence-corrected chi connectivity index (χ2v) is 4.06. The van der Waals surface area contributed by atoms with Crippen LogP contribution in [0.4, 0.5) is 0 Å². The van der Waals surface area contributed by atoms with E-state index in [0.717, 1.165) is 28.6 Å². The third-order valence-electron chi connectivity index (χ3n) is 2.67. The molecule has 0 amide bonds. The average molecular weight is 212 g/mol. The van der Waals surface area contributed by atoms with Crippen LogP contribution in [0, 0.1) is 13.8 Å². The summed E-state index contributed by atoms with van der Waals surface area (Å²) >= 11 is 0. The molecule has 1 aliphatic rings. The standard InChI is InChI=1S/C14H12O2/c1-9-7-10(2)14-13(8-9)15-11-5-3-4-6-12(11)16-14/h3-8H,1-2H3. The van der Waals surface area contributed by atoms with Crippen LogP contribution in [-0.2, 0) is 0 Å². The van der Waals surface area contributed by atoms with Crippen molar-refractivity contribution in [2.75, 3.05) is 0 Å². The average Bonchev–Trinajstić information content (AvgIpc) is 2.27.